The molecule has 1 fully saturated rings. The largest absolute Gasteiger partial charge is 0.243 e. The lowest BCUT2D eigenvalue weighted by atomic mass is 10.1. The molecule has 2 rings (SSSR count). The van der Waals surface area contributed by atoms with E-state index in [0.717, 1.165) is 19.3 Å². The Balaban J connectivity index is 2.41. The molecule has 0 spiro atoms. The van der Waals surface area contributed by atoms with Crippen LogP contribution < -0.4 is 0 Å². The first kappa shape index (κ1) is 13.5. The zero-order valence-electron chi connectivity index (χ0n) is 10.7. The summed E-state index contributed by atoms with van der Waals surface area (Å²) in [4.78, 5) is 0.220. The zero-order chi connectivity index (χ0) is 13.3. The molecule has 0 amide bonds. The predicted octanol–water partition coefficient (Wildman–Crippen LogP) is 2.70. The third kappa shape index (κ3) is 2.42. The van der Waals surface area contributed by atoms with Crippen LogP contribution in [-0.2, 0) is 10.0 Å². The minimum absolute atomic E-state index is 0.0215. The molecule has 18 heavy (non-hydrogen) atoms. The number of piperidine rings is 1. The number of aryl methyl sites for hydroxylation is 1. The van der Waals surface area contributed by atoms with Gasteiger partial charge in [0.05, 0.1) is 4.90 Å². The minimum Gasteiger partial charge on any atom is -0.207 e. The summed E-state index contributed by atoms with van der Waals surface area (Å²) < 4.78 is 39.7. The van der Waals surface area contributed by atoms with Crippen molar-refractivity contribution in [3.8, 4) is 0 Å². The highest BCUT2D eigenvalue weighted by Gasteiger charge is 2.31. The normalized spacial score (nSPS) is 22.1. The summed E-state index contributed by atoms with van der Waals surface area (Å²) in [5.74, 6) is -0.404. The highest BCUT2D eigenvalue weighted by Crippen LogP contribution is 2.27. The first-order chi connectivity index (χ1) is 8.43. The molecule has 1 aromatic carbocycles. The molecule has 1 aliphatic heterocycles. The van der Waals surface area contributed by atoms with Crippen molar-refractivity contribution in [2.45, 2.75) is 44.0 Å². The van der Waals surface area contributed by atoms with E-state index in [2.05, 4.69) is 0 Å². The number of nitrogens with zero attached hydrogens (tertiary/aromatic N) is 1. The Morgan fingerprint density at radius 1 is 1.33 bits per heavy atom. The number of rotatable bonds is 2. The van der Waals surface area contributed by atoms with Crippen molar-refractivity contribution >= 4 is 10.0 Å². The standard InChI is InChI=1S/C13H18FNO2S/c1-10-9-12(14)6-7-13(10)18(16,17)15-8-4-3-5-11(15)2/h6-7,9,11H,3-5,8H2,1-2H3. The average molecular weight is 271 g/mol. The highest BCUT2D eigenvalue weighted by molar-refractivity contribution is 7.89. The van der Waals surface area contributed by atoms with E-state index < -0.39 is 15.8 Å². The summed E-state index contributed by atoms with van der Waals surface area (Å²) in [5.41, 5.74) is 0.466. The number of benzene rings is 1. The lowest BCUT2D eigenvalue weighted by Crippen LogP contribution is -2.42. The lowest BCUT2D eigenvalue weighted by Gasteiger charge is -2.32. The van der Waals surface area contributed by atoms with E-state index in [1.54, 1.807) is 6.92 Å². The zero-order valence-corrected chi connectivity index (χ0v) is 11.5. The molecule has 0 radical (unpaired) electrons. The monoisotopic (exact) mass is 271 g/mol. The first-order valence-corrected chi connectivity index (χ1v) is 7.65. The minimum atomic E-state index is -3.49. The van der Waals surface area contributed by atoms with Crippen LogP contribution >= 0.6 is 0 Å². The van der Waals surface area contributed by atoms with Crippen LogP contribution in [0.2, 0.25) is 0 Å². The summed E-state index contributed by atoms with van der Waals surface area (Å²) in [7, 11) is -3.49. The van der Waals surface area contributed by atoms with Crippen molar-refractivity contribution < 1.29 is 12.8 Å². The molecule has 0 aliphatic carbocycles. The molecule has 100 valence electrons. The van der Waals surface area contributed by atoms with Crippen LogP contribution in [0.15, 0.2) is 23.1 Å². The SMILES string of the molecule is Cc1cc(F)ccc1S(=O)(=O)N1CCCCC1C. The third-order valence-corrected chi connectivity index (χ3v) is 5.64. The lowest BCUT2D eigenvalue weighted by molar-refractivity contribution is 0.268. The van der Waals surface area contributed by atoms with Crippen LogP contribution in [0.5, 0.6) is 0 Å². The van der Waals surface area contributed by atoms with Crippen molar-refractivity contribution in [2.24, 2.45) is 0 Å². The van der Waals surface area contributed by atoms with Crippen LogP contribution in [0.3, 0.4) is 0 Å². The molecule has 1 heterocycles. The van der Waals surface area contributed by atoms with Crippen LogP contribution in [0.1, 0.15) is 31.7 Å². The van der Waals surface area contributed by atoms with Gasteiger partial charge in [-0.3, -0.25) is 0 Å². The van der Waals surface area contributed by atoms with Gasteiger partial charge in [0, 0.05) is 12.6 Å². The molecule has 0 bridgehead atoms. The summed E-state index contributed by atoms with van der Waals surface area (Å²) in [6, 6.07) is 3.85. The van der Waals surface area contributed by atoms with Gasteiger partial charge in [-0.2, -0.15) is 4.31 Å². The maximum absolute atomic E-state index is 13.0. The van der Waals surface area contributed by atoms with Crippen LogP contribution in [0.25, 0.3) is 0 Å². The van der Waals surface area contributed by atoms with Gasteiger partial charge in [0.25, 0.3) is 0 Å². The van der Waals surface area contributed by atoms with E-state index >= 15 is 0 Å². The number of sulfonamides is 1. The van der Waals surface area contributed by atoms with Crippen molar-refractivity contribution in [1.82, 2.24) is 4.31 Å². The van der Waals surface area contributed by atoms with Gasteiger partial charge < -0.3 is 0 Å². The Morgan fingerprint density at radius 2 is 2.06 bits per heavy atom. The third-order valence-electron chi connectivity index (χ3n) is 3.47. The van der Waals surface area contributed by atoms with Gasteiger partial charge >= 0.3 is 0 Å². The van der Waals surface area contributed by atoms with Crippen LogP contribution in [-0.4, -0.2) is 25.3 Å². The van der Waals surface area contributed by atoms with E-state index in [1.807, 2.05) is 6.92 Å². The molecule has 1 aliphatic rings. The molecule has 1 aromatic rings. The van der Waals surface area contributed by atoms with E-state index in [4.69, 9.17) is 0 Å². The molecule has 1 saturated heterocycles. The summed E-state index contributed by atoms with van der Waals surface area (Å²) >= 11 is 0. The van der Waals surface area contributed by atoms with E-state index in [-0.39, 0.29) is 10.9 Å². The quantitative estimate of drug-likeness (QED) is 0.829. The average Bonchev–Trinajstić information content (AvgIpc) is 2.28. The molecule has 5 heteroatoms. The van der Waals surface area contributed by atoms with Gasteiger partial charge in [-0.15, -0.1) is 0 Å². The van der Waals surface area contributed by atoms with Crippen molar-refractivity contribution in [3.05, 3.63) is 29.6 Å². The Labute approximate surface area is 108 Å². The van der Waals surface area contributed by atoms with E-state index in [1.165, 1.54) is 22.5 Å². The number of halogens is 1. The molecule has 3 nitrogen and oxygen atoms in total. The molecular formula is C13H18FNO2S. The molecule has 0 aromatic heterocycles. The number of hydrogen-bond donors (Lipinski definition) is 0. The van der Waals surface area contributed by atoms with Crippen molar-refractivity contribution in [1.29, 1.82) is 0 Å². The smallest absolute Gasteiger partial charge is 0.207 e. The van der Waals surface area contributed by atoms with Crippen LogP contribution in [0, 0.1) is 12.7 Å². The Bertz CT molecular complexity index is 542. The number of hydrogen-bond acceptors (Lipinski definition) is 2. The Kier molecular flexibility index (Phi) is 3.73. The maximum Gasteiger partial charge on any atom is 0.243 e. The van der Waals surface area contributed by atoms with Gasteiger partial charge in [-0.1, -0.05) is 6.42 Å². The van der Waals surface area contributed by atoms with Crippen molar-refractivity contribution in [3.63, 3.8) is 0 Å². The fraction of sp³-hybridized carbons (Fsp3) is 0.538. The second-order valence-electron chi connectivity index (χ2n) is 4.87. The second-order valence-corrected chi connectivity index (χ2v) is 6.73. The Morgan fingerprint density at radius 3 is 2.67 bits per heavy atom. The fourth-order valence-electron chi connectivity index (χ4n) is 2.46. The van der Waals surface area contributed by atoms with Gasteiger partial charge in [0.2, 0.25) is 10.0 Å². The first-order valence-electron chi connectivity index (χ1n) is 6.21. The van der Waals surface area contributed by atoms with Gasteiger partial charge in [0.1, 0.15) is 5.82 Å². The van der Waals surface area contributed by atoms with Gasteiger partial charge in [-0.25, -0.2) is 12.8 Å². The second kappa shape index (κ2) is 4.97. The van der Waals surface area contributed by atoms with Crippen LogP contribution in [0.4, 0.5) is 4.39 Å². The topological polar surface area (TPSA) is 37.4 Å². The van der Waals surface area contributed by atoms with E-state index in [9.17, 15) is 12.8 Å². The summed E-state index contributed by atoms with van der Waals surface area (Å²) in [5, 5.41) is 0. The highest BCUT2D eigenvalue weighted by atomic mass is 32.2. The van der Waals surface area contributed by atoms with Crippen molar-refractivity contribution in [2.75, 3.05) is 6.54 Å². The molecular weight excluding hydrogens is 253 g/mol. The molecule has 1 unspecified atom stereocenters. The Hall–Kier alpha value is -0.940. The molecule has 0 N–H and O–H groups in total. The predicted molar refractivity (Wildman–Crippen MR) is 68.3 cm³/mol. The maximum atomic E-state index is 13.0. The summed E-state index contributed by atoms with van der Waals surface area (Å²) in [6.07, 6.45) is 2.85. The molecule has 1 atom stereocenters. The summed E-state index contributed by atoms with van der Waals surface area (Å²) in [6.45, 7) is 4.11. The van der Waals surface area contributed by atoms with Gasteiger partial charge in [-0.05, 0) is 50.5 Å². The van der Waals surface area contributed by atoms with Gasteiger partial charge in [0.15, 0.2) is 0 Å². The fourth-order valence-corrected chi connectivity index (χ4v) is 4.36. The van der Waals surface area contributed by atoms with E-state index in [0.29, 0.717) is 12.1 Å². The molecule has 0 saturated carbocycles.